The lowest BCUT2D eigenvalue weighted by Gasteiger charge is -2.31. The molecule has 2 aliphatic carbocycles. The van der Waals surface area contributed by atoms with Crippen LogP contribution in [0.5, 0.6) is 0 Å². The largest absolute Gasteiger partial charge is 0.393 e. The predicted molar refractivity (Wildman–Crippen MR) is 86.1 cm³/mol. The van der Waals surface area contributed by atoms with E-state index in [1.54, 1.807) is 0 Å². The highest BCUT2D eigenvalue weighted by atomic mass is 32.2. The van der Waals surface area contributed by atoms with Crippen molar-refractivity contribution < 1.29 is 13.5 Å². The van der Waals surface area contributed by atoms with Crippen molar-refractivity contribution in [1.29, 1.82) is 0 Å². The zero-order valence-electron chi connectivity index (χ0n) is 13.3. The van der Waals surface area contributed by atoms with Crippen LogP contribution >= 0.6 is 0 Å². The average molecular weight is 317 g/mol. The molecule has 0 unspecified atom stereocenters. The third-order valence-corrected chi connectivity index (χ3v) is 6.94. The van der Waals surface area contributed by atoms with E-state index in [1.807, 2.05) is 0 Å². The molecule has 0 aliphatic heterocycles. The monoisotopic (exact) mass is 317 g/mol. The van der Waals surface area contributed by atoms with E-state index in [1.165, 1.54) is 12.7 Å². The minimum absolute atomic E-state index is 0.114. The fourth-order valence-corrected chi connectivity index (χ4v) is 5.44. The van der Waals surface area contributed by atoms with E-state index in [9.17, 15) is 13.5 Å². The van der Waals surface area contributed by atoms with Gasteiger partial charge >= 0.3 is 0 Å². The molecule has 0 radical (unpaired) electrons. The number of aliphatic hydroxyl groups excluding tert-OH is 1. The maximum absolute atomic E-state index is 11.8. The number of sulfone groups is 1. The minimum atomic E-state index is -2.94. The van der Waals surface area contributed by atoms with Crippen LogP contribution in [-0.2, 0) is 9.84 Å². The Morgan fingerprint density at radius 1 is 1.05 bits per heavy atom. The second kappa shape index (κ2) is 7.93. The topological polar surface area (TPSA) is 66.4 Å². The summed E-state index contributed by atoms with van der Waals surface area (Å²) in [6.45, 7) is 0.875. The molecule has 124 valence electrons. The van der Waals surface area contributed by atoms with E-state index in [2.05, 4.69) is 5.32 Å². The van der Waals surface area contributed by atoms with Gasteiger partial charge in [-0.3, -0.25) is 0 Å². The smallest absolute Gasteiger partial charge is 0.151 e. The molecule has 2 aliphatic rings. The second-order valence-corrected chi connectivity index (χ2v) is 9.23. The Kier molecular flexibility index (Phi) is 6.51. The number of nitrogens with one attached hydrogen (secondary N) is 1. The lowest BCUT2D eigenvalue weighted by Crippen LogP contribution is -2.46. The molecule has 4 atom stereocenters. The molecule has 2 saturated carbocycles. The third kappa shape index (κ3) is 5.22. The van der Waals surface area contributed by atoms with Gasteiger partial charge in [0.05, 0.1) is 11.4 Å². The number of hydrogen-bond donors (Lipinski definition) is 2. The Bertz CT molecular complexity index is 410. The van der Waals surface area contributed by atoms with Crippen LogP contribution in [0.15, 0.2) is 0 Å². The molecule has 0 aromatic carbocycles. The van der Waals surface area contributed by atoms with Crippen molar-refractivity contribution in [2.45, 2.75) is 81.6 Å². The molecule has 0 aromatic rings. The molecule has 2 fully saturated rings. The van der Waals surface area contributed by atoms with E-state index in [-0.39, 0.29) is 17.4 Å². The van der Waals surface area contributed by atoms with Crippen LogP contribution in [0.25, 0.3) is 0 Å². The molecule has 5 heteroatoms. The fourth-order valence-electron chi connectivity index (χ4n) is 4.02. The molecule has 0 heterocycles. The number of aliphatic hydroxyl groups is 1. The summed E-state index contributed by atoms with van der Waals surface area (Å²) in [6, 6.07) is 0.130. The van der Waals surface area contributed by atoms with Crippen LogP contribution in [-0.4, -0.2) is 43.7 Å². The molecule has 4 nitrogen and oxygen atoms in total. The van der Waals surface area contributed by atoms with Gasteiger partial charge in [-0.05, 0) is 51.0 Å². The zero-order chi connectivity index (χ0) is 15.3. The van der Waals surface area contributed by atoms with Gasteiger partial charge < -0.3 is 10.4 Å². The molecule has 2 rings (SSSR count). The van der Waals surface area contributed by atoms with Crippen molar-refractivity contribution in [1.82, 2.24) is 5.32 Å². The van der Waals surface area contributed by atoms with Gasteiger partial charge in [-0.1, -0.05) is 25.7 Å². The van der Waals surface area contributed by atoms with Gasteiger partial charge in [0.1, 0.15) is 0 Å². The summed E-state index contributed by atoms with van der Waals surface area (Å²) < 4.78 is 23.7. The lowest BCUT2D eigenvalue weighted by atomic mass is 9.83. The van der Waals surface area contributed by atoms with Crippen LogP contribution < -0.4 is 5.32 Å². The third-order valence-electron chi connectivity index (χ3n) is 5.28. The Balaban J connectivity index is 1.71. The highest BCUT2D eigenvalue weighted by Gasteiger charge is 2.32. The average Bonchev–Trinajstić information content (AvgIpc) is 2.45. The highest BCUT2D eigenvalue weighted by Crippen LogP contribution is 2.28. The van der Waals surface area contributed by atoms with Crippen LogP contribution in [0.3, 0.4) is 0 Å². The highest BCUT2D eigenvalue weighted by molar-refractivity contribution is 7.91. The summed E-state index contributed by atoms with van der Waals surface area (Å²) in [7, 11) is -2.94. The Labute approximate surface area is 129 Å². The van der Waals surface area contributed by atoms with Crippen molar-refractivity contribution in [2.24, 2.45) is 5.92 Å². The van der Waals surface area contributed by atoms with Crippen molar-refractivity contribution >= 4 is 9.84 Å². The standard InChI is InChI=1S/C16H31NO3S/c1-21(19,20)16-11-5-3-9-14(16)17-12-6-8-13-7-2-4-10-15(13)18/h13-18H,2-12H2,1H3/t13-,14+,15-,16-/m1/s1. The van der Waals surface area contributed by atoms with E-state index >= 15 is 0 Å². The minimum Gasteiger partial charge on any atom is -0.393 e. The van der Waals surface area contributed by atoms with Gasteiger partial charge in [-0.25, -0.2) is 8.42 Å². The van der Waals surface area contributed by atoms with Crippen LogP contribution in [0.4, 0.5) is 0 Å². The second-order valence-electron chi connectivity index (χ2n) is 6.97. The van der Waals surface area contributed by atoms with Gasteiger partial charge in [0.15, 0.2) is 9.84 Å². The molecular formula is C16H31NO3S. The molecule has 0 spiro atoms. The van der Waals surface area contributed by atoms with E-state index in [4.69, 9.17) is 0 Å². The molecule has 21 heavy (non-hydrogen) atoms. The predicted octanol–water partition coefficient (Wildman–Crippen LogP) is 2.26. The van der Waals surface area contributed by atoms with Gasteiger partial charge in [0.2, 0.25) is 0 Å². The summed E-state index contributed by atoms with van der Waals surface area (Å²) in [6.07, 6.45) is 11.8. The van der Waals surface area contributed by atoms with Crippen molar-refractivity contribution in [2.75, 3.05) is 12.8 Å². The number of hydrogen-bond acceptors (Lipinski definition) is 4. The Hall–Kier alpha value is -0.130. The SMILES string of the molecule is CS(=O)(=O)[C@@H]1CCCC[C@@H]1NCCC[C@H]1CCCC[C@H]1O. The first kappa shape index (κ1) is 17.2. The molecule has 0 saturated heterocycles. The van der Waals surface area contributed by atoms with E-state index in [0.29, 0.717) is 5.92 Å². The van der Waals surface area contributed by atoms with Crippen molar-refractivity contribution in [3.8, 4) is 0 Å². The molecule has 0 bridgehead atoms. The normalized spacial score (nSPS) is 34.8. The van der Waals surface area contributed by atoms with Gasteiger partial charge in [-0.15, -0.1) is 0 Å². The summed E-state index contributed by atoms with van der Waals surface area (Å²) in [5.74, 6) is 0.456. The molecule has 0 aromatic heterocycles. The molecule has 2 N–H and O–H groups in total. The summed E-state index contributed by atoms with van der Waals surface area (Å²) in [5.41, 5.74) is 0. The quantitative estimate of drug-likeness (QED) is 0.738. The van der Waals surface area contributed by atoms with E-state index < -0.39 is 9.84 Å². The van der Waals surface area contributed by atoms with Gasteiger partial charge in [0, 0.05) is 12.3 Å². The fraction of sp³-hybridized carbons (Fsp3) is 1.00. The zero-order valence-corrected chi connectivity index (χ0v) is 14.1. The molecule has 0 amide bonds. The first-order valence-electron chi connectivity index (χ1n) is 8.59. The first-order valence-corrected chi connectivity index (χ1v) is 10.5. The Morgan fingerprint density at radius 3 is 2.43 bits per heavy atom. The van der Waals surface area contributed by atoms with Gasteiger partial charge in [-0.2, -0.15) is 0 Å². The summed E-state index contributed by atoms with van der Waals surface area (Å²) >= 11 is 0. The van der Waals surface area contributed by atoms with Crippen LogP contribution in [0.1, 0.15) is 64.2 Å². The van der Waals surface area contributed by atoms with E-state index in [0.717, 1.165) is 64.3 Å². The summed E-state index contributed by atoms with van der Waals surface area (Å²) in [4.78, 5) is 0. The maximum Gasteiger partial charge on any atom is 0.151 e. The van der Waals surface area contributed by atoms with Gasteiger partial charge in [0.25, 0.3) is 0 Å². The van der Waals surface area contributed by atoms with Crippen LogP contribution in [0.2, 0.25) is 0 Å². The molecular weight excluding hydrogens is 286 g/mol. The lowest BCUT2D eigenvalue weighted by molar-refractivity contribution is 0.0641. The number of rotatable bonds is 6. The first-order chi connectivity index (χ1) is 9.98. The summed E-state index contributed by atoms with van der Waals surface area (Å²) in [5, 5.41) is 13.2. The Morgan fingerprint density at radius 2 is 1.71 bits per heavy atom. The maximum atomic E-state index is 11.8. The van der Waals surface area contributed by atoms with Crippen molar-refractivity contribution in [3.63, 3.8) is 0 Å². The van der Waals surface area contributed by atoms with Crippen molar-refractivity contribution in [3.05, 3.63) is 0 Å². The van der Waals surface area contributed by atoms with Crippen LogP contribution in [0, 0.1) is 5.92 Å².